The van der Waals surface area contributed by atoms with Crippen LogP contribution < -0.4 is 5.32 Å². The van der Waals surface area contributed by atoms with Crippen LogP contribution in [0.3, 0.4) is 0 Å². The number of pyridine rings is 1. The van der Waals surface area contributed by atoms with Crippen LogP contribution in [0.5, 0.6) is 0 Å². The summed E-state index contributed by atoms with van der Waals surface area (Å²) in [5, 5.41) is 2.96. The average Bonchev–Trinajstić information content (AvgIpc) is 3.14. The predicted octanol–water partition coefficient (Wildman–Crippen LogP) is 3.31. The zero-order valence-electron chi connectivity index (χ0n) is 15.9. The molecule has 0 saturated carbocycles. The van der Waals surface area contributed by atoms with Gasteiger partial charge in [0.2, 0.25) is 5.91 Å². The smallest absolute Gasteiger partial charge is 0.236 e. The van der Waals surface area contributed by atoms with Crippen molar-refractivity contribution < 1.29 is 4.79 Å². The summed E-state index contributed by atoms with van der Waals surface area (Å²) < 4.78 is 2.08. The fourth-order valence-corrected chi connectivity index (χ4v) is 4.02. The van der Waals surface area contributed by atoms with Crippen LogP contribution in [0.15, 0.2) is 60.9 Å². The van der Waals surface area contributed by atoms with E-state index in [2.05, 4.69) is 40.2 Å². The van der Waals surface area contributed by atoms with Gasteiger partial charge in [0, 0.05) is 30.9 Å². The third kappa shape index (κ3) is 4.02. The van der Waals surface area contributed by atoms with E-state index in [0.29, 0.717) is 6.54 Å². The van der Waals surface area contributed by atoms with Crippen LogP contribution in [-0.4, -0.2) is 46.9 Å². The summed E-state index contributed by atoms with van der Waals surface area (Å²) in [4.78, 5) is 19.2. The molecule has 0 radical (unpaired) electrons. The van der Waals surface area contributed by atoms with E-state index in [1.165, 1.54) is 5.56 Å². The Morgan fingerprint density at radius 2 is 1.75 bits per heavy atom. The molecule has 7 heteroatoms. The highest BCUT2D eigenvalue weighted by Gasteiger charge is 2.40. The van der Waals surface area contributed by atoms with Gasteiger partial charge in [0.15, 0.2) is 0 Å². The molecule has 3 aromatic rings. The standard InChI is InChI=1S/C21H24N4O.2ClH/c1-22-15-20(26)24-13-10-21(11-14-24,17-7-3-2-4-8-17)18-16-25-12-6-5-9-19(25)23-18;;/h2-9,12,16,22H,10-11,13-15H2,1H3;2*1H. The molecule has 0 aliphatic carbocycles. The number of benzene rings is 1. The highest BCUT2D eigenvalue weighted by atomic mass is 35.5. The molecule has 5 nitrogen and oxygen atoms in total. The van der Waals surface area contributed by atoms with Crippen LogP contribution in [-0.2, 0) is 10.2 Å². The summed E-state index contributed by atoms with van der Waals surface area (Å²) >= 11 is 0. The quantitative estimate of drug-likeness (QED) is 0.704. The molecule has 150 valence electrons. The Labute approximate surface area is 178 Å². The van der Waals surface area contributed by atoms with Crippen LogP contribution in [0, 0.1) is 0 Å². The van der Waals surface area contributed by atoms with Crippen molar-refractivity contribution in [3.63, 3.8) is 0 Å². The van der Waals surface area contributed by atoms with Gasteiger partial charge in [0.25, 0.3) is 0 Å². The minimum atomic E-state index is -0.149. The van der Waals surface area contributed by atoms with E-state index >= 15 is 0 Å². The van der Waals surface area contributed by atoms with Crippen molar-refractivity contribution in [2.45, 2.75) is 18.3 Å². The van der Waals surface area contributed by atoms with Gasteiger partial charge in [-0.15, -0.1) is 24.8 Å². The summed E-state index contributed by atoms with van der Waals surface area (Å²) in [6, 6.07) is 16.7. The van der Waals surface area contributed by atoms with Gasteiger partial charge in [0.05, 0.1) is 12.2 Å². The number of rotatable bonds is 4. The number of fused-ring (bicyclic) bond motifs is 1. The van der Waals surface area contributed by atoms with E-state index in [1.807, 2.05) is 42.4 Å². The lowest BCUT2D eigenvalue weighted by molar-refractivity contribution is -0.131. The number of likely N-dealkylation sites (tertiary alicyclic amines) is 1. The summed E-state index contributed by atoms with van der Waals surface area (Å²) in [7, 11) is 1.81. The number of hydrogen-bond donors (Lipinski definition) is 1. The molecule has 1 fully saturated rings. The number of nitrogens with one attached hydrogen (secondary N) is 1. The number of carbonyl (C=O) groups is 1. The van der Waals surface area contributed by atoms with Crippen molar-refractivity contribution in [1.29, 1.82) is 0 Å². The zero-order chi connectivity index (χ0) is 18.0. The number of carbonyl (C=O) groups excluding carboxylic acids is 1. The van der Waals surface area contributed by atoms with E-state index in [0.717, 1.165) is 37.3 Å². The van der Waals surface area contributed by atoms with Gasteiger partial charge in [0.1, 0.15) is 5.65 Å². The maximum atomic E-state index is 12.3. The fraction of sp³-hybridized carbons (Fsp3) is 0.333. The largest absolute Gasteiger partial charge is 0.342 e. The maximum absolute atomic E-state index is 12.3. The first-order chi connectivity index (χ1) is 12.7. The van der Waals surface area contributed by atoms with Gasteiger partial charge in [-0.2, -0.15) is 0 Å². The first kappa shape index (κ1) is 22.2. The molecule has 1 saturated heterocycles. The number of piperidine rings is 1. The third-order valence-corrected chi connectivity index (χ3v) is 5.48. The molecule has 2 aromatic heterocycles. The SMILES string of the molecule is CNCC(=O)N1CCC(c2ccccc2)(c2cn3ccccc3n2)CC1.Cl.Cl. The second-order valence-electron chi connectivity index (χ2n) is 6.95. The van der Waals surface area contributed by atoms with Gasteiger partial charge < -0.3 is 14.6 Å². The Morgan fingerprint density at radius 3 is 2.39 bits per heavy atom. The number of aromatic nitrogens is 2. The van der Waals surface area contributed by atoms with E-state index < -0.39 is 0 Å². The monoisotopic (exact) mass is 420 g/mol. The molecule has 4 rings (SSSR count). The number of amides is 1. The normalized spacial score (nSPS) is 15.5. The molecule has 1 aliphatic heterocycles. The van der Waals surface area contributed by atoms with Gasteiger partial charge in [-0.3, -0.25) is 4.79 Å². The van der Waals surface area contributed by atoms with E-state index in [-0.39, 0.29) is 36.1 Å². The molecule has 3 heterocycles. The minimum Gasteiger partial charge on any atom is -0.342 e. The summed E-state index contributed by atoms with van der Waals surface area (Å²) in [6.07, 6.45) is 5.95. The summed E-state index contributed by atoms with van der Waals surface area (Å²) in [6.45, 7) is 1.90. The van der Waals surface area contributed by atoms with Crippen molar-refractivity contribution in [2.75, 3.05) is 26.7 Å². The van der Waals surface area contributed by atoms with E-state index in [4.69, 9.17) is 4.98 Å². The average molecular weight is 421 g/mol. The van der Waals surface area contributed by atoms with Crippen LogP contribution in [0.1, 0.15) is 24.1 Å². The van der Waals surface area contributed by atoms with Gasteiger partial charge in [-0.05, 0) is 37.6 Å². The Bertz CT molecular complexity index is 872. The lowest BCUT2D eigenvalue weighted by Crippen LogP contribution is -2.48. The van der Waals surface area contributed by atoms with Crippen LogP contribution in [0.25, 0.3) is 5.65 Å². The number of imidazole rings is 1. The Hall–Kier alpha value is -2.08. The zero-order valence-corrected chi connectivity index (χ0v) is 17.5. The molecular weight excluding hydrogens is 395 g/mol. The minimum absolute atomic E-state index is 0. The highest BCUT2D eigenvalue weighted by Crippen LogP contribution is 2.41. The lowest BCUT2D eigenvalue weighted by atomic mass is 9.70. The molecular formula is C21H26Cl2N4O. The second kappa shape index (κ2) is 9.41. The number of likely N-dealkylation sites (N-methyl/N-ethyl adjacent to an activating group) is 1. The van der Waals surface area contributed by atoms with Crippen molar-refractivity contribution in [2.24, 2.45) is 0 Å². The first-order valence-corrected chi connectivity index (χ1v) is 9.15. The molecule has 0 atom stereocenters. The van der Waals surface area contributed by atoms with E-state index in [1.54, 1.807) is 0 Å². The molecule has 0 spiro atoms. The molecule has 1 aliphatic rings. The Morgan fingerprint density at radius 1 is 1.07 bits per heavy atom. The van der Waals surface area contributed by atoms with E-state index in [9.17, 15) is 4.79 Å². The molecule has 1 aromatic carbocycles. The summed E-state index contributed by atoms with van der Waals surface area (Å²) in [5.74, 6) is 0.171. The predicted molar refractivity (Wildman–Crippen MR) is 117 cm³/mol. The molecule has 1 amide bonds. The Kier molecular flexibility index (Phi) is 7.47. The molecule has 0 unspecified atom stereocenters. The summed E-state index contributed by atoms with van der Waals surface area (Å²) in [5.41, 5.74) is 3.19. The topological polar surface area (TPSA) is 49.6 Å². The Balaban J connectivity index is 0.00000140. The van der Waals surface area contributed by atoms with Crippen LogP contribution in [0.2, 0.25) is 0 Å². The first-order valence-electron chi connectivity index (χ1n) is 9.15. The van der Waals surface area contributed by atoms with Gasteiger partial charge in [-0.25, -0.2) is 4.98 Å². The molecule has 0 bridgehead atoms. The number of halogens is 2. The maximum Gasteiger partial charge on any atom is 0.236 e. The third-order valence-electron chi connectivity index (χ3n) is 5.48. The van der Waals surface area contributed by atoms with Crippen molar-refractivity contribution in [1.82, 2.24) is 19.6 Å². The van der Waals surface area contributed by atoms with Gasteiger partial charge in [-0.1, -0.05) is 36.4 Å². The second-order valence-corrected chi connectivity index (χ2v) is 6.95. The lowest BCUT2D eigenvalue weighted by Gasteiger charge is -2.41. The highest BCUT2D eigenvalue weighted by molar-refractivity contribution is 5.85. The van der Waals surface area contributed by atoms with Crippen LogP contribution >= 0.6 is 24.8 Å². The number of nitrogens with zero attached hydrogens (tertiary/aromatic N) is 3. The number of hydrogen-bond acceptors (Lipinski definition) is 3. The van der Waals surface area contributed by atoms with Gasteiger partial charge >= 0.3 is 0 Å². The molecule has 28 heavy (non-hydrogen) atoms. The van der Waals surface area contributed by atoms with Crippen molar-refractivity contribution in [3.05, 3.63) is 72.2 Å². The fourth-order valence-electron chi connectivity index (χ4n) is 4.02. The van der Waals surface area contributed by atoms with Crippen LogP contribution in [0.4, 0.5) is 0 Å². The van der Waals surface area contributed by atoms with Crippen molar-refractivity contribution in [3.8, 4) is 0 Å². The molecule has 1 N–H and O–H groups in total. The van der Waals surface area contributed by atoms with Crippen molar-refractivity contribution >= 4 is 36.4 Å².